The number of hydrogen-bond acceptors (Lipinski definition) is 4. The predicted molar refractivity (Wildman–Crippen MR) is 74.4 cm³/mol. The number of aliphatic hydroxyl groups excluding tert-OH is 1. The Hall–Kier alpha value is -2.08. The summed E-state index contributed by atoms with van der Waals surface area (Å²) in [7, 11) is 1.60. The molecule has 20 heavy (non-hydrogen) atoms. The highest BCUT2D eigenvalue weighted by molar-refractivity contribution is 6.35. The standard InChI is InChI=1S/C14H20N2O4/c1-10(17)9-16-14(19)13(18)15-8-7-11-3-5-12(20-2)6-4-11/h3-6,10,17H,7-9H2,1-2H3,(H,15,18)(H,16,19)/t10-/m0/s1. The van der Waals surface area contributed by atoms with E-state index in [1.54, 1.807) is 7.11 Å². The minimum absolute atomic E-state index is 0.0603. The first-order valence-electron chi connectivity index (χ1n) is 6.40. The second kappa shape index (κ2) is 8.16. The predicted octanol–water partition coefficient (Wildman–Crippen LogP) is -0.149. The summed E-state index contributed by atoms with van der Waals surface area (Å²) in [5, 5.41) is 13.8. The zero-order valence-corrected chi connectivity index (χ0v) is 11.7. The molecule has 0 aliphatic rings. The molecule has 0 radical (unpaired) electrons. The Morgan fingerprint density at radius 3 is 2.35 bits per heavy atom. The van der Waals surface area contributed by atoms with Crippen LogP contribution in [0.1, 0.15) is 12.5 Å². The van der Waals surface area contributed by atoms with Crippen LogP contribution >= 0.6 is 0 Å². The molecule has 6 nitrogen and oxygen atoms in total. The van der Waals surface area contributed by atoms with Crippen LogP contribution in [0.15, 0.2) is 24.3 Å². The highest BCUT2D eigenvalue weighted by Gasteiger charge is 2.12. The number of hydrogen-bond donors (Lipinski definition) is 3. The third-order valence-corrected chi connectivity index (χ3v) is 2.62. The molecule has 0 aliphatic carbocycles. The number of aliphatic hydroxyl groups is 1. The minimum atomic E-state index is -0.736. The minimum Gasteiger partial charge on any atom is -0.497 e. The Morgan fingerprint density at radius 1 is 1.20 bits per heavy atom. The van der Waals surface area contributed by atoms with E-state index in [0.717, 1.165) is 11.3 Å². The molecule has 0 aliphatic heterocycles. The monoisotopic (exact) mass is 280 g/mol. The van der Waals surface area contributed by atoms with Gasteiger partial charge in [0, 0.05) is 13.1 Å². The van der Waals surface area contributed by atoms with Crippen molar-refractivity contribution >= 4 is 11.8 Å². The summed E-state index contributed by atoms with van der Waals surface area (Å²) in [5.74, 6) is -0.657. The Kier molecular flexibility index (Phi) is 6.52. The van der Waals surface area contributed by atoms with E-state index < -0.39 is 17.9 Å². The summed E-state index contributed by atoms with van der Waals surface area (Å²) in [6.45, 7) is 1.96. The lowest BCUT2D eigenvalue weighted by molar-refractivity contribution is -0.139. The Balaban J connectivity index is 2.28. The summed E-state index contributed by atoms with van der Waals surface area (Å²) in [6, 6.07) is 7.48. The molecular weight excluding hydrogens is 260 g/mol. The number of amides is 2. The second-order valence-electron chi connectivity index (χ2n) is 4.41. The Morgan fingerprint density at radius 2 is 1.80 bits per heavy atom. The van der Waals surface area contributed by atoms with Crippen LogP contribution in [0.4, 0.5) is 0 Å². The first kappa shape index (κ1) is 16.0. The van der Waals surface area contributed by atoms with E-state index in [0.29, 0.717) is 13.0 Å². The molecule has 0 spiro atoms. The fraction of sp³-hybridized carbons (Fsp3) is 0.429. The first-order valence-corrected chi connectivity index (χ1v) is 6.40. The van der Waals surface area contributed by atoms with Gasteiger partial charge in [0.15, 0.2) is 0 Å². The second-order valence-corrected chi connectivity index (χ2v) is 4.41. The number of carbonyl (C=O) groups excluding carboxylic acids is 2. The normalized spacial score (nSPS) is 11.6. The van der Waals surface area contributed by atoms with Crippen molar-refractivity contribution < 1.29 is 19.4 Å². The smallest absolute Gasteiger partial charge is 0.309 e. The molecule has 0 aromatic heterocycles. The molecule has 0 bridgehead atoms. The average Bonchev–Trinajstić information content (AvgIpc) is 2.45. The number of benzene rings is 1. The van der Waals surface area contributed by atoms with Crippen LogP contribution in [-0.4, -0.2) is 43.2 Å². The van der Waals surface area contributed by atoms with E-state index in [1.165, 1.54) is 6.92 Å². The molecule has 0 heterocycles. The van der Waals surface area contributed by atoms with Crippen molar-refractivity contribution in [3.8, 4) is 5.75 Å². The van der Waals surface area contributed by atoms with E-state index in [1.807, 2.05) is 24.3 Å². The van der Waals surface area contributed by atoms with Crippen LogP contribution in [0.5, 0.6) is 5.75 Å². The lowest BCUT2D eigenvalue weighted by Gasteiger charge is -2.08. The van der Waals surface area contributed by atoms with Gasteiger partial charge in [0.1, 0.15) is 5.75 Å². The number of carbonyl (C=O) groups is 2. The van der Waals surface area contributed by atoms with Crippen molar-refractivity contribution in [1.29, 1.82) is 0 Å². The quantitative estimate of drug-likeness (QED) is 0.632. The van der Waals surface area contributed by atoms with Crippen LogP contribution in [-0.2, 0) is 16.0 Å². The molecule has 0 fully saturated rings. The number of methoxy groups -OCH3 is 1. The summed E-state index contributed by atoms with van der Waals surface area (Å²) in [4.78, 5) is 22.7. The molecule has 110 valence electrons. The third kappa shape index (κ3) is 5.71. The maximum Gasteiger partial charge on any atom is 0.309 e. The highest BCUT2D eigenvalue weighted by Crippen LogP contribution is 2.11. The summed E-state index contributed by atoms with van der Waals surface area (Å²) in [5.41, 5.74) is 1.04. The van der Waals surface area contributed by atoms with Gasteiger partial charge in [0.05, 0.1) is 13.2 Å². The highest BCUT2D eigenvalue weighted by atomic mass is 16.5. The van der Waals surface area contributed by atoms with Gasteiger partial charge in [-0.1, -0.05) is 12.1 Å². The Bertz CT molecular complexity index is 443. The molecule has 0 unspecified atom stereocenters. The molecule has 0 saturated heterocycles. The van der Waals surface area contributed by atoms with Crippen molar-refractivity contribution in [3.05, 3.63) is 29.8 Å². The SMILES string of the molecule is COc1ccc(CCNC(=O)C(=O)NC[C@H](C)O)cc1. The van der Waals surface area contributed by atoms with Gasteiger partial charge < -0.3 is 20.5 Å². The van der Waals surface area contributed by atoms with Crippen molar-refractivity contribution in [2.45, 2.75) is 19.4 Å². The maximum atomic E-state index is 11.4. The number of nitrogens with one attached hydrogen (secondary N) is 2. The zero-order chi connectivity index (χ0) is 15.0. The summed E-state index contributed by atoms with van der Waals surface area (Å²) >= 11 is 0. The van der Waals surface area contributed by atoms with Gasteiger partial charge >= 0.3 is 11.8 Å². The number of ether oxygens (including phenoxy) is 1. The van der Waals surface area contributed by atoms with Gasteiger partial charge in [-0.05, 0) is 31.0 Å². The lowest BCUT2D eigenvalue weighted by atomic mass is 10.1. The molecule has 1 rings (SSSR count). The van der Waals surface area contributed by atoms with Crippen molar-refractivity contribution in [3.63, 3.8) is 0 Å². The van der Waals surface area contributed by atoms with Crippen molar-refractivity contribution in [1.82, 2.24) is 10.6 Å². The molecule has 0 saturated carbocycles. The van der Waals surface area contributed by atoms with Crippen LogP contribution < -0.4 is 15.4 Å². The topological polar surface area (TPSA) is 87.7 Å². The number of rotatable bonds is 6. The zero-order valence-electron chi connectivity index (χ0n) is 11.7. The van der Waals surface area contributed by atoms with Gasteiger partial charge in [0.2, 0.25) is 0 Å². The molecule has 6 heteroatoms. The van der Waals surface area contributed by atoms with Crippen LogP contribution in [0.25, 0.3) is 0 Å². The summed E-state index contributed by atoms with van der Waals surface area (Å²) < 4.78 is 5.05. The average molecular weight is 280 g/mol. The lowest BCUT2D eigenvalue weighted by Crippen LogP contribution is -2.42. The van der Waals surface area contributed by atoms with Gasteiger partial charge in [-0.2, -0.15) is 0 Å². The fourth-order valence-corrected chi connectivity index (χ4v) is 1.51. The van der Waals surface area contributed by atoms with Gasteiger partial charge in [-0.25, -0.2) is 0 Å². The van der Waals surface area contributed by atoms with Gasteiger partial charge in [0.25, 0.3) is 0 Å². The Labute approximate surface area is 118 Å². The van der Waals surface area contributed by atoms with E-state index in [-0.39, 0.29) is 6.54 Å². The van der Waals surface area contributed by atoms with Crippen molar-refractivity contribution in [2.24, 2.45) is 0 Å². The molecular formula is C14H20N2O4. The van der Waals surface area contributed by atoms with E-state index in [4.69, 9.17) is 9.84 Å². The molecule has 2 amide bonds. The first-order chi connectivity index (χ1) is 9.52. The van der Waals surface area contributed by atoms with Gasteiger partial charge in [-0.3, -0.25) is 9.59 Å². The van der Waals surface area contributed by atoms with E-state index in [9.17, 15) is 9.59 Å². The fourth-order valence-electron chi connectivity index (χ4n) is 1.51. The van der Waals surface area contributed by atoms with E-state index >= 15 is 0 Å². The molecule has 1 aromatic rings. The third-order valence-electron chi connectivity index (χ3n) is 2.62. The largest absolute Gasteiger partial charge is 0.497 e. The van der Waals surface area contributed by atoms with E-state index in [2.05, 4.69) is 10.6 Å². The van der Waals surface area contributed by atoms with Crippen LogP contribution in [0.2, 0.25) is 0 Å². The van der Waals surface area contributed by atoms with Crippen LogP contribution in [0, 0.1) is 0 Å². The van der Waals surface area contributed by atoms with Crippen molar-refractivity contribution in [2.75, 3.05) is 20.2 Å². The molecule has 1 aromatic carbocycles. The molecule has 3 N–H and O–H groups in total. The summed E-state index contributed by atoms with van der Waals surface area (Å²) in [6.07, 6.45) is -0.0505. The van der Waals surface area contributed by atoms with Gasteiger partial charge in [-0.15, -0.1) is 0 Å². The van der Waals surface area contributed by atoms with Crippen LogP contribution in [0.3, 0.4) is 0 Å². The molecule has 1 atom stereocenters. The maximum absolute atomic E-state index is 11.4.